The summed E-state index contributed by atoms with van der Waals surface area (Å²) in [5.74, 6) is 0. The first-order valence-corrected chi connectivity index (χ1v) is 11.4. The predicted octanol–water partition coefficient (Wildman–Crippen LogP) is 7.39. The molecule has 5 heteroatoms. The minimum Gasteiger partial charge on any atom is -0.348 e. The summed E-state index contributed by atoms with van der Waals surface area (Å²) in [5.41, 5.74) is 7.15. The number of para-hydroxylation sites is 2. The Labute approximate surface area is 195 Å². The highest BCUT2D eigenvalue weighted by atomic mass is 79.9. The van der Waals surface area contributed by atoms with E-state index < -0.39 is 0 Å². The molecule has 0 atom stereocenters. The molecule has 0 bridgehead atoms. The molecule has 0 fully saturated rings. The van der Waals surface area contributed by atoms with Crippen LogP contribution in [-0.2, 0) is 21.1 Å². The van der Waals surface area contributed by atoms with Gasteiger partial charge in [0.25, 0.3) is 0 Å². The van der Waals surface area contributed by atoms with Gasteiger partial charge in [0.1, 0.15) is 0 Å². The molecule has 0 saturated carbocycles. The number of aromatic nitrogens is 3. The number of hydrogen-bond donors (Lipinski definition) is 0. The molecule has 0 aliphatic rings. The van der Waals surface area contributed by atoms with Crippen molar-refractivity contribution in [1.82, 2.24) is 13.7 Å². The van der Waals surface area contributed by atoms with Crippen LogP contribution in [0.15, 0.2) is 89.8 Å². The molecule has 0 unspecified atom stereocenters. The normalized spacial score (nSPS) is 11.8. The summed E-state index contributed by atoms with van der Waals surface area (Å²) in [6.45, 7) is 0. The van der Waals surface area contributed by atoms with Gasteiger partial charge in [-0.3, -0.25) is 0 Å². The van der Waals surface area contributed by atoms with Gasteiger partial charge in [-0.25, -0.2) is 0 Å². The number of hydrogen-bond acceptors (Lipinski definition) is 1. The van der Waals surface area contributed by atoms with Crippen molar-refractivity contribution in [2.75, 3.05) is 4.90 Å². The third-order valence-corrected chi connectivity index (χ3v) is 6.90. The van der Waals surface area contributed by atoms with Gasteiger partial charge in [0.2, 0.25) is 0 Å². The van der Waals surface area contributed by atoms with Crippen molar-refractivity contribution < 1.29 is 0 Å². The van der Waals surface area contributed by atoms with Crippen molar-refractivity contribution in [3.8, 4) is 0 Å². The lowest BCUT2D eigenvalue weighted by Crippen LogP contribution is -2.09. The van der Waals surface area contributed by atoms with E-state index in [9.17, 15) is 0 Å². The monoisotopic (exact) mass is 482 g/mol. The van der Waals surface area contributed by atoms with E-state index in [4.69, 9.17) is 0 Å². The Morgan fingerprint density at radius 1 is 0.562 bits per heavy atom. The summed E-state index contributed by atoms with van der Waals surface area (Å²) in [5, 5.41) is 3.69. The van der Waals surface area contributed by atoms with Gasteiger partial charge in [0.15, 0.2) is 0 Å². The number of fused-ring (bicyclic) bond motifs is 3. The second kappa shape index (κ2) is 7.04. The third-order valence-electron chi connectivity index (χ3n) is 6.41. The van der Waals surface area contributed by atoms with E-state index in [2.05, 4.69) is 141 Å². The highest BCUT2D eigenvalue weighted by Crippen LogP contribution is 2.46. The second-order valence-electron chi connectivity index (χ2n) is 8.41. The van der Waals surface area contributed by atoms with Gasteiger partial charge in [0.05, 0.1) is 22.6 Å². The largest absolute Gasteiger partial charge is 0.348 e. The number of nitrogens with zero attached hydrogens (tertiary/aromatic N) is 4. The average molecular weight is 483 g/mol. The summed E-state index contributed by atoms with van der Waals surface area (Å²) in [6, 6.07) is 23.7. The summed E-state index contributed by atoms with van der Waals surface area (Å²) in [4.78, 5) is 2.42. The SMILES string of the molecule is Cn1cc(N(c2cn(C)c3ccccc23)c2cn(C)c3cc(Br)ccc23)c2ccccc21. The zero-order valence-electron chi connectivity index (χ0n) is 18.2. The van der Waals surface area contributed by atoms with Gasteiger partial charge < -0.3 is 18.6 Å². The van der Waals surface area contributed by atoms with Crippen molar-refractivity contribution in [1.29, 1.82) is 0 Å². The molecule has 0 aliphatic carbocycles. The molecule has 0 amide bonds. The third kappa shape index (κ3) is 2.74. The van der Waals surface area contributed by atoms with Crippen molar-refractivity contribution in [3.63, 3.8) is 0 Å². The van der Waals surface area contributed by atoms with Crippen molar-refractivity contribution in [3.05, 3.63) is 89.8 Å². The van der Waals surface area contributed by atoms with E-state index in [0.717, 1.165) is 4.47 Å². The number of halogens is 1. The van der Waals surface area contributed by atoms with Gasteiger partial charge in [-0.2, -0.15) is 0 Å². The first-order valence-electron chi connectivity index (χ1n) is 10.7. The van der Waals surface area contributed by atoms with Crippen LogP contribution in [0.25, 0.3) is 32.7 Å². The Kier molecular flexibility index (Phi) is 4.24. The Morgan fingerprint density at radius 2 is 1.00 bits per heavy atom. The maximum atomic E-state index is 3.64. The van der Waals surface area contributed by atoms with Crippen LogP contribution in [0.1, 0.15) is 0 Å². The van der Waals surface area contributed by atoms with Crippen molar-refractivity contribution >= 4 is 65.7 Å². The molecule has 0 radical (unpaired) electrons. The van der Waals surface area contributed by atoms with E-state index in [0.29, 0.717) is 0 Å². The smallest absolute Gasteiger partial charge is 0.0718 e. The first kappa shape index (κ1) is 19.3. The molecule has 4 nitrogen and oxygen atoms in total. The molecular formula is C27H23BrN4. The van der Waals surface area contributed by atoms with Gasteiger partial charge in [-0.1, -0.05) is 52.3 Å². The quantitative estimate of drug-likeness (QED) is 0.257. The number of benzene rings is 3. The second-order valence-corrected chi connectivity index (χ2v) is 9.32. The van der Waals surface area contributed by atoms with E-state index in [1.807, 2.05) is 0 Å². The summed E-state index contributed by atoms with van der Waals surface area (Å²) >= 11 is 3.64. The van der Waals surface area contributed by atoms with Crippen LogP contribution >= 0.6 is 15.9 Å². The van der Waals surface area contributed by atoms with Gasteiger partial charge >= 0.3 is 0 Å². The highest BCUT2D eigenvalue weighted by molar-refractivity contribution is 9.10. The molecule has 0 spiro atoms. The average Bonchev–Trinajstić information content (AvgIpc) is 3.42. The number of rotatable bonds is 3. The Hall–Kier alpha value is -3.44. The highest BCUT2D eigenvalue weighted by Gasteiger charge is 2.24. The van der Waals surface area contributed by atoms with Gasteiger partial charge in [0, 0.05) is 71.4 Å². The van der Waals surface area contributed by atoms with E-state index >= 15 is 0 Å². The lowest BCUT2D eigenvalue weighted by atomic mass is 10.1. The standard InChI is InChI=1S/C27H23BrN4/c1-29-15-25(19-8-4-6-10-22(19)29)32(26-16-30(2)23-11-7-5-9-20(23)26)27-17-31(3)24-14-18(28)12-13-21(24)27/h4-17H,1-3H3. The van der Waals surface area contributed by atoms with Crippen molar-refractivity contribution in [2.24, 2.45) is 21.1 Å². The number of anilines is 3. The van der Waals surface area contributed by atoms with Crippen LogP contribution in [0, 0.1) is 0 Å². The van der Waals surface area contributed by atoms with E-state index in [1.165, 1.54) is 49.8 Å². The van der Waals surface area contributed by atoms with Gasteiger partial charge in [-0.05, 0) is 30.3 Å². The molecule has 3 heterocycles. The fourth-order valence-corrected chi connectivity index (χ4v) is 5.25. The summed E-state index contributed by atoms with van der Waals surface area (Å²) < 4.78 is 7.72. The van der Waals surface area contributed by atoms with E-state index in [1.54, 1.807) is 0 Å². The summed E-state index contributed by atoms with van der Waals surface area (Å²) in [6.07, 6.45) is 6.72. The topological polar surface area (TPSA) is 18.0 Å². The zero-order chi connectivity index (χ0) is 22.0. The first-order chi connectivity index (χ1) is 15.5. The van der Waals surface area contributed by atoms with Gasteiger partial charge in [-0.15, -0.1) is 0 Å². The zero-order valence-corrected chi connectivity index (χ0v) is 19.8. The molecule has 0 aliphatic heterocycles. The lowest BCUT2D eigenvalue weighted by Gasteiger charge is -2.23. The fourth-order valence-electron chi connectivity index (χ4n) is 4.90. The van der Waals surface area contributed by atoms with Crippen LogP contribution in [0.2, 0.25) is 0 Å². The molecule has 6 aromatic rings. The van der Waals surface area contributed by atoms with E-state index in [-0.39, 0.29) is 0 Å². The van der Waals surface area contributed by atoms with Crippen LogP contribution in [0.5, 0.6) is 0 Å². The molecule has 6 rings (SSSR count). The molecule has 32 heavy (non-hydrogen) atoms. The molecule has 3 aromatic heterocycles. The van der Waals surface area contributed by atoms with Crippen molar-refractivity contribution in [2.45, 2.75) is 0 Å². The predicted molar refractivity (Wildman–Crippen MR) is 138 cm³/mol. The molecule has 158 valence electrons. The van der Waals surface area contributed by atoms with Crippen LogP contribution in [0.4, 0.5) is 17.1 Å². The minimum absolute atomic E-state index is 1.08. The maximum absolute atomic E-state index is 3.64. The number of aryl methyl sites for hydroxylation is 3. The Balaban J connectivity index is 1.74. The molecule has 3 aromatic carbocycles. The Morgan fingerprint density at radius 3 is 1.53 bits per heavy atom. The van der Waals surface area contributed by atoms with Crippen LogP contribution < -0.4 is 4.90 Å². The molecule has 0 N–H and O–H groups in total. The lowest BCUT2D eigenvalue weighted by molar-refractivity contribution is 0.956. The molecule has 0 saturated heterocycles. The van der Waals surface area contributed by atoms with Crippen LogP contribution in [-0.4, -0.2) is 13.7 Å². The fraction of sp³-hybridized carbons (Fsp3) is 0.111. The maximum Gasteiger partial charge on any atom is 0.0718 e. The van der Waals surface area contributed by atoms with Crippen LogP contribution in [0.3, 0.4) is 0 Å². The summed E-state index contributed by atoms with van der Waals surface area (Å²) in [7, 11) is 6.35. The molecular weight excluding hydrogens is 460 g/mol. The minimum atomic E-state index is 1.08. The Bertz CT molecular complexity index is 1550.